The summed E-state index contributed by atoms with van der Waals surface area (Å²) in [6.07, 6.45) is -4.33. The first-order valence-electron chi connectivity index (χ1n) is 11.1. The first kappa shape index (κ1) is 25.2. The van der Waals surface area contributed by atoms with E-state index in [4.69, 9.17) is 11.6 Å². The number of hydrogen-bond acceptors (Lipinski definition) is 3. The fourth-order valence-corrected chi connectivity index (χ4v) is 4.30. The van der Waals surface area contributed by atoms with E-state index in [1.54, 1.807) is 49.4 Å². The quantitative estimate of drug-likeness (QED) is 0.389. The van der Waals surface area contributed by atoms with Gasteiger partial charge in [-0.3, -0.25) is 14.2 Å². The average Bonchev–Trinajstić information content (AvgIpc) is 2.86. The molecule has 0 aliphatic heterocycles. The van der Waals surface area contributed by atoms with Gasteiger partial charge in [0.05, 0.1) is 27.2 Å². The summed E-state index contributed by atoms with van der Waals surface area (Å²) in [5.41, 5.74) is -1.47. The number of fused-ring (bicyclic) bond motifs is 1. The van der Waals surface area contributed by atoms with Crippen LogP contribution >= 0.6 is 11.6 Å². The highest BCUT2D eigenvalue weighted by Gasteiger charge is 2.30. The highest BCUT2D eigenvalue weighted by Crippen LogP contribution is 2.29. The fourth-order valence-electron chi connectivity index (χ4n) is 4.08. The van der Waals surface area contributed by atoms with Crippen molar-refractivity contribution in [2.75, 3.05) is 0 Å². The van der Waals surface area contributed by atoms with Crippen LogP contribution in [0.1, 0.15) is 30.5 Å². The maximum atomic E-state index is 13.7. The lowest BCUT2D eigenvalue weighted by Crippen LogP contribution is -2.44. The Balaban J connectivity index is 1.78. The second-order valence-electron chi connectivity index (χ2n) is 8.10. The molecule has 0 aliphatic rings. The predicted octanol–water partition coefficient (Wildman–Crippen LogP) is 5.09. The summed E-state index contributed by atoms with van der Waals surface area (Å²) in [7, 11) is 0. The van der Waals surface area contributed by atoms with E-state index in [2.05, 4.69) is 5.32 Å². The van der Waals surface area contributed by atoms with Crippen LogP contribution in [0.2, 0.25) is 5.02 Å². The maximum Gasteiger partial charge on any atom is 0.416 e. The van der Waals surface area contributed by atoms with Crippen LogP contribution in [-0.4, -0.2) is 15.0 Å². The van der Waals surface area contributed by atoms with Crippen LogP contribution in [-0.2, 0) is 17.5 Å². The molecule has 1 unspecified atom stereocenters. The van der Waals surface area contributed by atoms with Crippen molar-refractivity contribution >= 4 is 28.4 Å². The monoisotopic (exact) mass is 515 g/mol. The molecule has 1 aromatic heterocycles. The molecular weight excluding hydrogens is 495 g/mol. The Morgan fingerprint density at radius 3 is 2.39 bits per heavy atom. The van der Waals surface area contributed by atoms with Crippen LogP contribution in [0.15, 0.2) is 82.4 Å². The van der Waals surface area contributed by atoms with Crippen LogP contribution in [0, 0.1) is 0 Å². The molecule has 186 valence electrons. The summed E-state index contributed by atoms with van der Waals surface area (Å²) < 4.78 is 41.3. The Morgan fingerprint density at radius 1 is 1.00 bits per heavy atom. The van der Waals surface area contributed by atoms with Gasteiger partial charge in [0.15, 0.2) is 0 Å². The lowest BCUT2D eigenvalue weighted by Gasteiger charge is -2.22. The van der Waals surface area contributed by atoms with Gasteiger partial charge in [-0.2, -0.15) is 13.2 Å². The zero-order valence-electron chi connectivity index (χ0n) is 19.1. The van der Waals surface area contributed by atoms with Crippen molar-refractivity contribution in [1.82, 2.24) is 14.5 Å². The predicted molar refractivity (Wildman–Crippen MR) is 131 cm³/mol. The van der Waals surface area contributed by atoms with Crippen LogP contribution in [0.4, 0.5) is 13.2 Å². The summed E-state index contributed by atoms with van der Waals surface area (Å²) in [5, 5.41) is 3.02. The second-order valence-corrected chi connectivity index (χ2v) is 8.51. The first-order valence-corrected chi connectivity index (χ1v) is 11.5. The number of nitrogens with one attached hydrogen (secondary N) is 1. The summed E-state index contributed by atoms with van der Waals surface area (Å²) >= 11 is 6.28. The van der Waals surface area contributed by atoms with Crippen molar-refractivity contribution in [3.8, 4) is 5.69 Å². The number of para-hydroxylation sites is 2. The van der Waals surface area contributed by atoms with Crippen LogP contribution in [0.3, 0.4) is 0 Å². The zero-order chi connectivity index (χ0) is 26.0. The smallest absolute Gasteiger partial charge is 0.350 e. The van der Waals surface area contributed by atoms with E-state index in [0.29, 0.717) is 0 Å². The number of carbonyl (C=O) groups excluding carboxylic acids is 1. The number of rotatable bonds is 6. The fraction of sp³-hybridized carbons (Fsp3) is 0.192. The number of halogens is 4. The minimum atomic E-state index is -4.51. The number of benzene rings is 3. The molecule has 0 spiro atoms. The number of nitrogens with zero attached hydrogens (tertiary/aromatic N) is 2. The van der Waals surface area contributed by atoms with Crippen LogP contribution in [0.25, 0.3) is 16.6 Å². The Morgan fingerprint density at radius 2 is 1.69 bits per heavy atom. The maximum absolute atomic E-state index is 13.7. The molecule has 1 atom stereocenters. The van der Waals surface area contributed by atoms with Crippen molar-refractivity contribution in [1.29, 1.82) is 0 Å². The summed E-state index contributed by atoms with van der Waals surface area (Å²) in [4.78, 5) is 40.1. The van der Waals surface area contributed by atoms with Gasteiger partial charge >= 0.3 is 11.9 Å². The molecule has 0 aliphatic carbocycles. The first-order chi connectivity index (χ1) is 17.1. The van der Waals surface area contributed by atoms with Gasteiger partial charge in [0.25, 0.3) is 5.56 Å². The Kier molecular flexibility index (Phi) is 7.03. The molecule has 4 rings (SSSR count). The largest absolute Gasteiger partial charge is 0.416 e. The van der Waals surface area contributed by atoms with Crippen LogP contribution in [0.5, 0.6) is 0 Å². The lowest BCUT2D eigenvalue weighted by atomic mass is 10.1. The Bertz CT molecular complexity index is 1560. The molecular formula is C26H21ClF3N3O3. The standard InChI is InChI=1S/C26H21ClF3N3O3/c1-2-20(23(34)31-15-16-8-7-9-17(14-16)26(28,29)30)32-21-12-5-3-10-18(21)24(35)33(25(32)36)22-13-6-4-11-19(22)27/h3-14,20H,2,15H2,1H3,(H,31,34). The minimum absolute atomic E-state index is 0.171. The molecule has 0 saturated carbocycles. The van der Waals surface area contributed by atoms with Crippen molar-refractivity contribution in [2.24, 2.45) is 0 Å². The van der Waals surface area contributed by atoms with Crippen LogP contribution < -0.4 is 16.6 Å². The summed E-state index contributed by atoms with van der Waals surface area (Å²) in [5.74, 6) is -0.577. The third kappa shape index (κ3) is 4.79. The summed E-state index contributed by atoms with van der Waals surface area (Å²) in [6, 6.07) is 16.4. The van der Waals surface area contributed by atoms with Gasteiger partial charge in [-0.1, -0.05) is 54.9 Å². The highest BCUT2D eigenvalue weighted by atomic mass is 35.5. The average molecular weight is 516 g/mol. The zero-order valence-corrected chi connectivity index (χ0v) is 19.8. The second kappa shape index (κ2) is 10.0. The SMILES string of the molecule is CCC(C(=O)NCc1cccc(C(F)(F)F)c1)n1c(=O)n(-c2ccccc2Cl)c(=O)c2ccccc21. The molecule has 1 heterocycles. The van der Waals surface area contributed by atoms with E-state index < -0.39 is 34.9 Å². The van der Waals surface area contributed by atoms with Crippen molar-refractivity contribution in [3.05, 3.63) is 110 Å². The van der Waals surface area contributed by atoms with Gasteiger partial charge in [0, 0.05) is 6.54 Å². The molecule has 0 bridgehead atoms. The molecule has 6 nitrogen and oxygen atoms in total. The molecule has 10 heteroatoms. The Labute approximate surface area is 208 Å². The van der Waals surface area contributed by atoms with E-state index in [1.165, 1.54) is 22.8 Å². The van der Waals surface area contributed by atoms with Crippen molar-refractivity contribution in [2.45, 2.75) is 32.1 Å². The molecule has 1 amide bonds. The Hall–Kier alpha value is -3.85. The molecule has 0 radical (unpaired) electrons. The molecule has 4 aromatic rings. The van der Waals surface area contributed by atoms with Crippen molar-refractivity contribution in [3.63, 3.8) is 0 Å². The number of carbonyl (C=O) groups is 1. The van der Waals surface area contributed by atoms with E-state index >= 15 is 0 Å². The topological polar surface area (TPSA) is 73.1 Å². The molecule has 0 fully saturated rings. The van der Waals surface area contributed by atoms with Gasteiger partial charge in [-0.05, 0) is 48.4 Å². The normalized spacial score (nSPS) is 12.5. The third-order valence-electron chi connectivity index (χ3n) is 5.81. The summed E-state index contributed by atoms with van der Waals surface area (Å²) in [6.45, 7) is 1.52. The van der Waals surface area contributed by atoms with Gasteiger partial charge in [-0.25, -0.2) is 9.36 Å². The highest BCUT2D eigenvalue weighted by molar-refractivity contribution is 6.32. The van der Waals surface area contributed by atoms with Gasteiger partial charge in [0.1, 0.15) is 6.04 Å². The number of aromatic nitrogens is 2. The molecule has 0 saturated heterocycles. The van der Waals surface area contributed by atoms with Gasteiger partial charge in [0.2, 0.25) is 5.91 Å². The molecule has 1 N–H and O–H groups in total. The van der Waals surface area contributed by atoms with Gasteiger partial charge in [-0.15, -0.1) is 0 Å². The number of hydrogen-bond donors (Lipinski definition) is 1. The number of amides is 1. The van der Waals surface area contributed by atoms with Crippen molar-refractivity contribution < 1.29 is 18.0 Å². The molecule has 36 heavy (non-hydrogen) atoms. The van der Waals surface area contributed by atoms with E-state index in [-0.39, 0.29) is 40.1 Å². The van der Waals surface area contributed by atoms with E-state index in [9.17, 15) is 27.6 Å². The molecule has 3 aromatic carbocycles. The van der Waals surface area contributed by atoms with E-state index in [1.807, 2.05) is 0 Å². The minimum Gasteiger partial charge on any atom is -0.350 e. The number of alkyl halides is 3. The van der Waals surface area contributed by atoms with E-state index in [0.717, 1.165) is 16.7 Å². The third-order valence-corrected chi connectivity index (χ3v) is 6.13. The van der Waals surface area contributed by atoms with Gasteiger partial charge < -0.3 is 5.32 Å². The lowest BCUT2D eigenvalue weighted by molar-refractivity contribution is -0.137.